The smallest absolute Gasteiger partial charge is 0.319 e. The Labute approximate surface area is 143 Å². The van der Waals surface area contributed by atoms with Crippen molar-refractivity contribution in [3.05, 3.63) is 53.9 Å². The van der Waals surface area contributed by atoms with Gasteiger partial charge in [0.15, 0.2) is 0 Å². The zero-order valence-corrected chi connectivity index (χ0v) is 14.4. The van der Waals surface area contributed by atoms with Gasteiger partial charge in [0.1, 0.15) is 5.82 Å². The summed E-state index contributed by atoms with van der Waals surface area (Å²) in [6, 6.07) is 5.79. The van der Waals surface area contributed by atoms with E-state index in [0.717, 1.165) is 32.5 Å². The summed E-state index contributed by atoms with van der Waals surface area (Å²) >= 11 is 0. The third-order valence-corrected chi connectivity index (χ3v) is 4.16. The van der Waals surface area contributed by atoms with Gasteiger partial charge in [0.05, 0.1) is 0 Å². The average molecular weight is 331 g/mol. The molecule has 1 heterocycles. The lowest BCUT2D eigenvalue weighted by Crippen LogP contribution is -2.46. The highest BCUT2D eigenvalue weighted by molar-refractivity contribution is 5.89. The molecule has 0 aromatic heterocycles. The molecular weight excluding hydrogens is 305 g/mol. The van der Waals surface area contributed by atoms with Crippen LogP contribution in [0.3, 0.4) is 0 Å². The van der Waals surface area contributed by atoms with Crippen LogP contribution in [0.1, 0.15) is 26.7 Å². The number of halogens is 1. The van der Waals surface area contributed by atoms with Gasteiger partial charge in [-0.2, -0.15) is 0 Å². The van der Waals surface area contributed by atoms with Gasteiger partial charge in [0, 0.05) is 31.4 Å². The Morgan fingerprint density at radius 1 is 1.33 bits per heavy atom. The third kappa shape index (κ3) is 5.81. The molecule has 1 aliphatic heterocycles. The van der Waals surface area contributed by atoms with E-state index < -0.39 is 0 Å². The van der Waals surface area contributed by atoms with Gasteiger partial charge in [-0.25, -0.2) is 9.18 Å². The van der Waals surface area contributed by atoms with Gasteiger partial charge in [-0.1, -0.05) is 24.3 Å². The topological polar surface area (TPSA) is 44.4 Å². The number of carbonyl (C=O) groups excluding carboxylic acids is 1. The zero-order valence-electron chi connectivity index (χ0n) is 14.4. The first-order chi connectivity index (χ1) is 11.6. The molecule has 2 N–H and O–H groups in total. The molecule has 0 unspecified atom stereocenters. The van der Waals surface area contributed by atoms with Crippen LogP contribution in [0.15, 0.2) is 48.1 Å². The number of hydrogen-bond acceptors (Lipinski definition) is 2. The first-order valence-corrected chi connectivity index (χ1v) is 8.44. The molecule has 0 atom stereocenters. The second-order valence-corrected chi connectivity index (χ2v) is 6.02. The van der Waals surface area contributed by atoms with E-state index in [4.69, 9.17) is 0 Å². The molecule has 2 rings (SSSR count). The number of allylic oxidation sites excluding steroid dienone is 2. The van der Waals surface area contributed by atoms with Crippen LogP contribution in [-0.4, -0.2) is 36.6 Å². The number of carbonyl (C=O) groups is 1. The number of likely N-dealkylation sites (tertiary alicyclic amines) is 1. The van der Waals surface area contributed by atoms with Crippen molar-refractivity contribution in [2.24, 2.45) is 0 Å². The van der Waals surface area contributed by atoms with Gasteiger partial charge in [-0.3, -0.25) is 4.90 Å². The highest BCUT2D eigenvalue weighted by Crippen LogP contribution is 2.14. The maximum atomic E-state index is 13.1. The summed E-state index contributed by atoms with van der Waals surface area (Å²) in [6.45, 7) is 6.94. The maximum absolute atomic E-state index is 13.1. The molecule has 24 heavy (non-hydrogen) atoms. The maximum Gasteiger partial charge on any atom is 0.319 e. The van der Waals surface area contributed by atoms with E-state index in [2.05, 4.69) is 40.7 Å². The summed E-state index contributed by atoms with van der Waals surface area (Å²) in [6.07, 6.45) is 8.17. The number of rotatable bonds is 5. The fraction of sp³-hybridized carbons (Fsp3) is 0.421. The SMILES string of the molecule is CC=CC(=CC)CN1CCC(NC(=O)Nc2cccc(F)c2)CC1. The summed E-state index contributed by atoms with van der Waals surface area (Å²) in [4.78, 5) is 14.4. The molecule has 1 saturated heterocycles. The van der Waals surface area contributed by atoms with Crippen LogP contribution in [0, 0.1) is 5.82 Å². The zero-order chi connectivity index (χ0) is 17.4. The Hall–Kier alpha value is -2.14. The summed E-state index contributed by atoms with van der Waals surface area (Å²) in [7, 11) is 0. The third-order valence-electron chi connectivity index (χ3n) is 4.16. The number of hydrogen-bond donors (Lipinski definition) is 2. The largest absolute Gasteiger partial charge is 0.335 e. The van der Waals surface area contributed by atoms with E-state index in [9.17, 15) is 9.18 Å². The van der Waals surface area contributed by atoms with Crippen molar-refractivity contribution in [1.29, 1.82) is 0 Å². The number of anilines is 1. The van der Waals surface area contributed by atoms with E-state index in [0.29, 0.717) is 5.69 Å². The van der Waals surface area contributed by atoms with E-state index in [1.54, 1.807) is 12.1 Å². The minimum atomic E-state index is -0.359. The van der Waals surface area contributed by atoms with Crippen LogP contribution in [0.2, 0.25) is 0 Å². The minimum Gasteiger partial charge on any atom is -0.335 e. The van der Waals surface area contributed by atoms with E-state index in [-0.39, 0.29) is 17.9 Å². The predicted octanol–water partition coefficient (Wildman–Crippen LogP) is 3.93. The number of benzene rings is 1. The van der Waals surface area contributed by atoms with E-state index >= 15 is 0 Å². The predicted molar refractivity (Wildman–Crippen MR) is 96.6 cm³/mol. The van der Waals surface area contributed by atoms with Crippen molar-refractivity contribution >= 4 is 11.7 Å². The fourth-order valence-corrected chi connectivity index (χ4v) is 2.87. The fourth-order valence-electron chi connectivity index (χ4n) is 2.87. The quantitative estimate of drug-likeness (QED) is 0.803. The molecule has 4 nitrogen and oxygen atoms in total. The monoisotopic (exact) mass is 331 g/mol. The molecule has 2 amide bonds. The van der Waals surface area contributed by atoms with Crippen LogP contribution in [0.4, 0.5) is 14.9 Å². The number of nitrogens with zero attached hydrogens (tertiary/aromatic N) is 1. The number of urea groups is 1. The molecule has 1 aromatic rings. The summed E-state index contributed by atoms with van der Waals surface area (Å²) < 4.78 is 13.1. The van der Waals surface area contributed by atoms with Crippen LogP contribution in [-0.2, 0) is 0 Å². The Morgan fingerprint density at radius 2 is 2.08 bits per heavy atom. The summed E-state index contributed by atoms with van der Waals surface area (Å²) in [5.74, 6) is -0.359. The summed E-state index contributed by atoms with van der Waals surface area (Å²) in [5, 5.41) is 5.65. The highest BCUT2D eigenvalue weighted by atomic mass is 19.1. The first-order valence-electron chi connectivity index (χ1n) is 8.44. The Morgan fingerprint density at radius 3 is 2.71 bits per heavy atom. The summed E-state index contributed by atoms with van der Waals surface area (Å²) in [5.41, 5.74) is 1.78. The number of nitrogens with one attached hydrogen (secondary N) is 2. The van der Waals surface area contributed by atoms with Gasteiger partial charge in [0.25, 0.3) is 0 Å². The van der Waals surface area contributed by atoms with Crippen molar-refractivity contribution in [3.8, 4) is 0 Å². The molecule has 130 valence electrons. The Balaban J connectivity index is 1.75. The average Bonchev–Trinajstić information content (AvgIpc) is 2.56. The van der Waals surface area contributed by atoms with Gasteiger partial charge < -0.3 is 10.6 Å². The lowest BCUT2D eigenvalue weighted by atomic mass is 10.0. The van der Waals surface area contributed by atoms with Gasteiger partial charge in [0.2, 0.25) is 0 Å². The van der Waals surface area contributed by atoms with Gasteiger partial charge in [-0.05, 0) is 50.5 Å². The second kappa shape index (κ2) is 9.23. The van der Waals surface area contributed by atoms with Crippen LogP contribution in [0.25, 0.3) is 0 Å². The molecule has 5 heteroatoms. The van der Waals surface area contributed by atoms with Crippen LogP contribution in [0.5, 0.6) is 0 Å². The van der Waals surface area contributed by atoms with Crippen molar-refractivity contribution in [3.63, 3.8) is 0 Å². The van der Waals surface area contributed by atoms with Crippen molar-refractivity contribution < 1.29 is 9.18 Å². The number of amides is 2. The highest BCUT2D eigenvalue weighted by Gasteiger charge is 2.20. The van der Waals surface area contributed by atoms with Gasteiger partial charge >= 0.3 is 6.03 Å². The molecule has 1 aromatic carbocycles. The van der Waals surface area contributed by atoms with E-state index in [1.807, 2.05) is 6.92 Å². The standard InChI is InChI=1S/C19H26FN3O/c1-3-6-15(4-2)14-23-11-9-17(10-12-23)21-19(24)22-18-8-5-7-16(20)13-18/h3-8,13,17H,9-12,14H2,1-2H3,(H2,21,22,24). The molecule has 1 aliphatic rings. The van der Waals surface area contributed by atoms with Crippen molar-refractivity contribution in [2.45, 2.75) is 32.7 Å². The van der Waals surface area contributed by atoms with Crippen LogP contribution >= 0.6 is 0 Å². The molecule has 0 spiro atoms. The Bertz CT molecular complexity index is 604. The van der Waals surface area contributed by atoms with Crippen molar-refractivity contribution in [1.82, 2.24) is 10.2 Å². The molecule has 0 radical (unpaired) electrons. The van der Waals surface area contributed by atoms with Crippen LogP contribution < -0.4 is 10.6 Å². The lowest BCUT2D eigenvalue weighted by molar-refractivity contribution is 0.207. The van der Waals surface area contributed by atoms with E-state index in [1.165, 1.54) is 17.7 Å². The molecule has 0 saturated carbocycles. The van der Waals surface area contributed by atoms with Gasteiger partial charge in [-0.15, -0.1) is 0 Å². The normalized spacial score (nSPS) is 17.2. The molecule has 0 aliphatic carbocycles. The minimum absolute atomic E-state index is 0.158. The second-order valence-electron chi connectivity index (χ2n) is 6.02. The lowest BCUT2D eigenvalue weighted by Gasteiger charge is -2.32. The molecule has 0 bridgehead atoms. The Kier molecular flexibility index (Phi) is 7.00. The molecular formula is C19H26FN3O. The molecule has 1 fully saturated rings. The van der Waals surface area contributed by atoms with Crippen molar-refractivity contribution in [2.75, 3.05) is 25.0 Å². The number of piperidine rings is 1. The first kappa shape index (κ1) is 18.2.